The van der Waals surface area contributed by atoms with Crippen molar-refractivity contribution in [3.05, 3.63) is 66.2 Å². The van der Waals surface area contributed by atoms with Gasteiger partial charge in [-0.15, -0.1) is 0 Å². The van der Waals surface area contributed by atoms with E-state index in [-0.39, 0.29) is 6.04 Å². The van der Waals surface area contributed by atoms with E-state index >= 15 is 0 Å². The summed E-state index contributed by atoms with van der Waals surface area (Å²) >= 11 is 0. The molecule has 0 bridgehead atoms. The van der Waals surface area contributed by atoms with Crippen molar-refractivity contribution in [2.75, 3.05) is 0 Å². The van der Waals surface area contributed by atoms with Crippen LogP contribution in [-0.4, -0.2) is 4.98 Å². The van der Waals surface area contributed by atoms with Gasteiger partial charge in [0, 0.05) is 17.6 Å². The molecule has 1 unspecified atom stereocenters. The lowest BCUT2D eigenvalue weighted by Crippen LogP contribution is -2.18. The highest BCUT2D eigenvalue weighted by atomic mass is 16.3. The van der Waals surface area contributed by atoms with E-state index in [0.29, 0.717) is 6.54 Å². The minimum absolute atomic E-state index is 0.203. The number of benzene rings is 1. The van der Waals surface area contributed by atoms with E-state index < -0.39 is 0 Å². The second-order valence-corrected chi connectivity index (χ2v) is 4.61. The minimum atomic E-state index is 0.203. The third kappa shape index (κ3) is 2.66. The maximum absolute atomic E-state index is 5.77. The first-order chi connectivity index (χ1) is 9.33. The summed E-state index contributed by atoms with van der Waals surface area (Å²) in [6.07, 6.45) is 1.81. The van der Waals surface area contributed by atoms with E-state index in [1.54, 1.807) is 0 Å². The lowest BCUT2D eigenvalue weighted by atomic mass is 10.2. The molecule has 0 amide bonds. The Morgan fingerprint density at radius 1 is 1.16 bits per heavy atom. The van der Waals surface area contributed by atoms with Crippen LogP contribution in [0.1, 0.15) is 24.4 Å². The Labute approximate surface area is 112 Å². The van der Waals surface area contributed by atoms with E-state index in [9.17, 15) is 0 Å². The van der Waals surface area contributed by atoms with Gasteiger partial charge in [-0.25, -0.2) is 0 Å². The summed E-state index contributed by atoms with van der Waals surface area (Å²) in [6, 6.07) is 16.3. The van der Waals surface area contributed by atoms with Crippen molar-refractivity contribution in [2.24, 2.45) is 0 Å². The normalized spacial score (nSPS) is 12.7. The molecule has 1 aromatic carbocycles. The van der Waals surface area contributed by atoms with Crippen LogP contribution in [0.25, 0.3) is 11.0 Å². The maximum atomic E-state index is 5.77. The van der Waals surface area contributed by atoms with Gasteiger partial charge in [0.2, 0.25) is 0 Å². The zero-order valence-electron chi connectivity index (χ0n) is 10.8. The van der Waals surface area contributed by atoms with Crippen LogP contribution < -0.4 is 5.32 Å². The van der Waals surface area contributed by atoms with Gasteiger partial charge in [-0.3, -0.25) is 4.98 Å². The molecule has 3 rings (SSSR count). The highest BCUT2D eigenvalue weighted by Gasteiger charge is 2.07. The molecule has 19 heavy (non-hydrogen) atoms. The highest BCUT2D eigenvalue weighted by Crippen LogP contribution is 2.19. The number of hydrogen-bond acceptors (Lipinski definition) is 3. The molecule has 2 aromatic heterocycles. The van der Waals surface area contributed by atoms with Gasteiger partial charge >= 0.3 is 0 Å². The summed E-state index contributed by atoms with van der Waals surface area (Å²) in [5, 5.41) is 4.56. The Morgan fingerprint density at radius 3 is 2.79 bits per heavy atom. The van der Waals surface area contributed by atoms with Gasteiger partial charge in [0.1, 0.15) is 11.3 Å². The average Bonchev–Trinajstić information content (AvgIpc) is 2.88. The maximum Gasteiger partial charge on any atom is 0.134 e. The number of nitrogens with one attached hydrogen (secondary N) is 1. The number of hydrogen-bond donors (Lipinski definition) is 1. The first-order valence-electron chi connectivity index (χ1n) is 6.45. The minimum Gasteiger partial charge on any atom is -0.460 e. The van der Waals surface area contributed by atoms with Crippen molar-refractivity contribution >= 4 is 11.0 Å². The number of rotatable bonds is 4. The van der Waals surface area contributed by atoms with E-state index in [2.05, 4.69) is 29.4 Å². The molecule has 3 nitrogen and oxygen atoms in total. The number of fused-ring (bicyclic) bond motifs is 1. The zero-order valence-corrected chi connectivity index (χ0v) is 10.8. The standard InChI is InChI=1S/C16H16N2O/c1-12(15-7-4-5-9-17-15)18-11-14-10-13-6-2-3-8-16(13)19-14/h2-10,12,18H,11H2,1H3. The number of para-hydroxylation sites is 1. The van der Waals surface area contributed by atoms with Gasteiger partial charge in [-0.2, -0.15) is 0 Å². The summed E-state index contributed by atoms with van der Waals surface area (Å²) in [6.45, 7) is 2.80. The molecular weight excluding hydrogens is 236 g/mol. The third-order valence-corrected chi connectivity index (χ3v) is 3.19. The van der Waals surface area contributed by atoms with E-state index in [1.807, 2.05) is 42.6 Å². The molecule has 3 heteroatoms. The summed E-state index contributed by atoms with van der Waals surface area (Å²) in [7, 11) is 0. The van der Waals surface area contributed by atoms with Crippen LogP contribution in [0.4, 0.5) is 0 Å². The molecule has 96 valence electrons. The Balaban J connectivity index is 1.69. The van der Waals surface area contributed by atoms with E-state index in [0.717, 1.165) is 22.4 Å². The summed E-state index contributed by atoms with van der Waals surface area (Å²) in [4.78, 5) is 4.34. The SMILES string of the molecule is CC(NCc1cc2ccccc2o1)c1ccccn1. The van der Waals surface area contributed by atoms with Gasteiger partial charge in [-0.05, 0) is 31.2 Å². The van der Waals surface area contributed by atoms with Crippen LogP contribution in [-0.2, 0) is 6.54 Å². The monoisotopic (exact) mass is 252 g/mol. The molecule has 3 aromatic rings. The van der Waals surface area contributed by atoms with Crippen LogP contribution in [0.15, 0.2) is 59.1 Å². The number of nitrogens with zero attached hydrogens (tertiary/aromatic N) is 1. The Hall–Kier alpha value is -2.13. The van der Waals surface area contributed by atoms with E-state index in [4.69, 9.17) is 4.42 Å². The van der Waals surface area contributed by atoms with Crippen LogP contribution in [0.2, 0.25) is 0 Å². The molecule has 2 heterocycles. The lowest BCUT2D eigenvalue weighted by molar-refractivity contribution is 0.478. The molecule has 0 saturated heterocycles. The van der Waals surface area contributed by atoms with Crippen LogP contribution in [0, 0.1) is 0 Å². The van der Waals surface area contributed by atoms with Crippen molar-refractivity contribution in [3.8, 4) is 0 Å². The molecule has 0 radical (unpaired) electrons. The first-order valence-corrected chi connectivity index (χ1v) is 6.45. The number of pyridine rings is 1. The summed E-state index contributed by atoms with van der Waals surface area (Å²) in [5.74, 6) is 0.948. The molecule has 0 spiro atoms. The topological polar surface area (TPSA) is 38.1 Å². The van der Waals surface area contributed by atoms with Crippen LogP contribution in [0.5, 0.6) is 0 Å². The van der Waals surface area contributed by atoms with Crippen molar-refractivity contribution in [1.82, 2.24) is 10.3 Å². The average molecular weight is 252 g/mol. The smallest absolute Gasteiger partial charge is 0.134 e. The van der Waals surface area contributed by atoms with Gasteiger partial charge < -0.3 is 9.73 Å². The fourth-order valence-corrected chi connectivity index (χ4v) is 2.11. The largest absolute Gasteiger partial charge is 0.460 e. The molecular formula is C16H16N2O. The Morgan fingerprint density at radius 2 is 2.00 bits per heavy atom. The van der Waals surface area contributed by atoms with Gasteiger partial charge in [0.25, 0.3) is 0 Å². The highest BCUT2D eigenvalue weighted by molar-refractivity contribution is 5.77. The summed E-state index contributed by atoms with van der Waals surface area (Å²) < 4.78 is 5.77. The third-order valence-electron chi connectivity index (χ3n) is 3.19. The molecule has 1 atom stereocenters. The Kier molecular flexibility index (Phi) is 3.29. The molecule has 1 N–H and O–H groups in total. The van der Waals surface area contributed by atoms with Gasteiger partial charge in [0.05, 0.1) is 12.2 Å². The molecule has 0 aliphatic carbocycles. The zero-order chi connectivity index (χ0) is 13.1. The van der Waals surface area contributed by atoms with Crippen molar-refractivity contribution in [1.29, 1.82) is 0 Å². The second kappa shape index (κ2) is 5.24. The van der Waals surface area contributed by atoms with Gasteiger partial charge in [-0.1, -0.05) is 24.3 Å². The van der Waals surface area contributed by atoms with Crippen LogP contribution in [0.3, 0.4) is 0 Å². The van der Waals surface area contributed by atoms with Crippen LogP contribution >= 0.6 is 0 Å². The number of aromatic nitrogens is 1. The predicted molar refractivity (Wildman–Crippen MR) is 75.7 cm³/mol. The lowest BCUT2D eigenvalue weighted by Gasteiger charge is -2.11. The molecule has 0 aliphatic heterocycles. The van der Waals surface area contributed by atoms with Crippen molar-refractivity contribution in [3.63, 3.8) is 0 Å². The van der Waals surface area contributed by atoms with Crippen molar-refractivity contribution in [2.45, 2.75) is 19.5 Å². The van der Waals surface area contributed by atoms with Crippen molar-refractivity contribution < 1.29 is 4.42 Å². The molecule has 0 fully saturated rings. The fraction of sp³-hybridized carbons (Fsp3) is 0.188. The quantitative estimate of drug-likeness (QED) is 0.769. The Bertz CT molecular complexity index is 628. The summed E-state index contributed by atoms with van der Waals surface area (Å²) in [5.41, 5.74) is 1.98. The van der Waals surface area contributed by atoms with E-state index in [1.165, 1.54) is 0 Å². The second-order valence-electron chi connectivity index (χ2n) is 4.61. The van der Waals surface area contributed by atoms with Gasteiger partial charge in [0.15, 0.2) is 0 Å². The fourth-order valence-electron chi connectivity index (χ4n) is 2.11. The predicted octanol–water partition coefficient (Wildman–Crippen LogP) is 3.68. The molecule has 0 aliphatic rings. The molecule has 0 saturated carbocycles. The number of furan rings is 1. The first kappa shape index (κ1) is 11.9.